The number of rotatable bonds is 13. The SMILES string of the molecule is C=CC1CC1(NC(=O)C1CC(Oc2cc(-c3ccccc3)nc3cc(OC)ccc23)CN1C(=O)[C@@H](NC(=O)OC(C)(C)C)C(C)C)C(=O)NS(=O)(=O)c1ccccc1. The zero-order valence-electron chi connectivity index (χ0n) is 33.4. The van der Waals surface area contributed by atoms with Crippen molar-refractivity contribution in [3.05, 3.63) is 97.6 Å². The van der Waals surface area contributed by atoms with Gasteiger partial charge in [-0.3, -0.25) is 14.4 Å². The number of ether oxygens (including phenoxy) is 3. The number of nitrogens with zero attached hydrogens (tertiary/aromatic N) is 2. The van der Waals surface area contributed by atoms with Crippen LogP contribution in [-0.2, 0) is 29.1 Å². The number of benzene rings is 3. The van der Waals surface area contributed by atoms with E-state index in [-0.39, 0.29) is 24.3 Å². The van der Waals surface area contributed by atoms with Crippen LogP contribution in [0.2, 0.25) is 0 Å². The summed E-state index contributed by atoms with van der Waals surface area (Å²) in [5.74, 6) is -2.17. The molecule has 1 saturated heterocycles. The highest BCUT2D eigenvalue weighted by molar-refractivity contribution is 7.90. The van der Waals surface area contributed by atoms with Crippen molar-refractivity contribution in [1.29, 1.82) is 0 Å². The molecule has 2 heterocycles. The van der Waals surface area contributed by atoms with E-state index in [0.29, 0.717) is 28.1 Å². The van der Waals surface area contributed by atoms with E-state index in [0.717, 1.165) is 5.56 Å². The van der Waals surface area contributed by atoms with Gasteiger partial charge >= 0.3 is 6.09 Å². The quantitative estimate of drug-likeness (QED) is 0.149. The van der Waals surface area contributed by atoms with Crippen LogP contribution >= 0.6 is 0 Å². The minimum atomic E-state index is -4.28. The van der Waals surface area contributed by atoms with Crippen molar-refractivity contribution in [1.82, 2.24) is 25.2 Å². The van der Waals surface area contributed by atoms with E-state index in [1.54, 1.807) is 66.0 Å². The van der Waals surface area contributed by atoms with E-state index in [9.17, 15) is 27.6 Å². The lowest BCUT2D eigenvalue weighted by Crippen LogP contribution is -2.59. The number of pyridine rings is 1. The second kappa shape index (κ2) is 16.5. The number of carbonyl (C=O) groups is 4. The first kappa shape index (κ1) is 41.7. The molecule has 2 fully saturated rings. The Bertz CT molecular complexity index is 2320. The van der Waals surface area contributed by atoms with E-state index in [2.05, 4.69) is 21.9 Å². The fraction of sp³-hybridized carbons (Fsp3) is 0.372. The Balaban J connectivity index is 1.33. The first-order valence-electron chi connectivity index (χ1n) is 19.0. The van der Waals surface area contributed by atoms with Crippen LogP contribution in [-0.4, -0.2) is 85.1 Å². The molecule has 5 atom stereocenters. The molecule has 0 radical (unpaired) electrons. The van der Waals surface area contributed by atoms with Crippen LogP contribution in [0.25, 0.3) is 22.2 Å². The van der Waals surface area contributed by atoms with Gasteiger partial charge in [-0.15, -0.1) is 6.58 Å². The van der Waals surface area contributed by atoms with E-state index >= 15 is 0 Å². The molecule has 14 nitrogen and oxygen atoms in total. The summed E-state index contributed by atoms with van der Waals surface area (Å²) < 4.78 is 46.1. The molecular weight excluding hydrogens is 763 g/mol. The molecule has 3 N–H and O–H groups in total. The van der Waals surface area contributed by atoms with Crippen molar-refractivity contribution in [2.24, 2.45) is 11.8 Å². The Kier molecular flexibility index (Phi) is 11.8. The first-order chi connectivity index (χ1) is 27.4. The number of methoxy groups -OCH3 is 1. The number of alkyl carbamates (subject to hydrolysis) is 1. The highest BCUT2D eigenvalue weighted by Gasteiger charge is 2.61. The molecular formula is C43H49N5O9S. The van der Waals surface area contributed by atoms with Gasteiger partial charge in [0.25, 0.3) is 15.9 Å². The van der Waals surface area contributed by atoms with E-state index in [4.69, 9.17) is 19.2 Å². The van der Waals surface area contributed by atoms with Gasteiger partial charge in [-0.05, 0) is 57.4 Å². The highest BCUT2D eigenvalue weighted by Crippen LogP contribution is 2.45. The molecule has 306 valence electrons. The van der Waals surface area contributed by atoms with Crippen molar-refractivity contribution < 1.29 is 41.8 Å². The van der Waals surface area contributed by atoms with Crippen LogP contribution in [0, 0.1) is 11.8 Å². The van der Waals surface area contributed by atoms with Gasteiger partial charge in [0, 0.05) is 35.4 Å². The molecule has 6 rings (SSSR count). The molecule has 0 spiro atoms. The molecule has 1 saturated carbocycles. The Labute approximate surface area is 338 Å². The van der Waals surface area contributed by atoms with Crippen LogP contribution in [0.4, 0.5) is 4.79 Å². The monoisotopic (exact) mass is 811 g/mol. The van der Waals surface area contributed by atoms with E-state index in [1.807, 2.05) is 36.4 Å². The highest BCUT2D eigenvalue weighted by atomic mass is 32.2. The Morgan fingerprint density at radius 2 is 1.66 bits per heavy atom. The first-order valence-corrected chi connectivity index (χ1v) is 20.5. The van der Waals surface area contributed by atoms with Crippen molar-refractivity contribution in [3.63, 3.8) is 0 Å². The van der Waals surface area contributed by atoms with Crippen molar-refractivity contribution in [2.45, 2.75) is 81.7 Å². The number of likely N-dealkylation sites (tertiary alicyclic amines) is 1. The summed E-state index contributed by atoms with van der Waals surface area (Å²) in [5.41, 5.74) is -0.426. The Morgan fingerprint density at radius 1 is 0.983 bits per heavy atom. The van der Waals surface area contributed by atoms with Gasteiger partial charge in [-0.2, -0.15) is 0 Å². The summed E-state index contributed by atoms with van der Waals surface area (Å²) in [6, 6.07) is 21.8. The maximum absolute atomic E-state index is 14.5. The third kappa shape index (κ3) is 9.09. The van der Waals surface area contributed by atoms with Gasteiger partial charge in [-0.25, -0.2) is 22.9 Å². The predicted octanol–water partition coefficient (Wildman–Crippen LogP) is 5.37. The van der Waals surface area contributed by atoms with Gasteiger partial charge in [0.05, 0.1) is 29.8 Å². The average Bonchev–Trinajstić information content (AvgIpc) is 3.74. The predicted molar refractivity (Wildman–Crippen MR) is 217 cm³/mol. The molecule has 0 bridgehead atoms. The standard InChI is InChI=1S/C43H49N5O9S/c1-8-28-24-43(28,40(51)47-58(53,54)31-17-13-10-14-18-31)46-38(49)35-22-30(25-48(35)39(50)37(26(2)3)45-41(52)57-42(4,5)6)56-36-23-33(27-15-11-9-12-16-27)44-34-21-29(55-7)19-20-32(34)36/h8-21,23,26,28,30,35,37H,1,22,24-25H2,2-7H3,(H,45,52)(H,46,49)(H,47,51)/t28?,30?,35?,37-,43?/m0/s1. The van der Waals surface area contributed by atoms with Gasteiger partial charge in [0.1, 0.15) is 40.8 Å². The molecule has 1 aromatic heterocycles. The smallest absolute Gasteiger partial charge is 0.408 e. The largest absolute Gasteiger partial charge is 0.497 e. The second-order valence-corrected chi connectivity index (χ2v) is 17.5. The van der Waals surface area contributed by atoms with Gasteiger partial charge in [0.15, 0.2) is 0 Å². The average molecular weight is 812 g/mol. The topological polar surface area (TPSA) is 182 Å². The van der Waals surface area contributed by atoms with Crippen LogP contribution in [0.15, 0.2) is 102 Å². The number of fused-ring (bicyclic) bond motifs is 1. The lowest BCUT2D eigenvalue weighted by atomic mass is 10.0. The third-order valence-corrected chi connectivity index (χ3v) is 11.5. The van der Waals surface area contributed by atoms with Crippen molar-refractivity contribution >= 4 is 44.7 Å². The van der Waals surface area contributed by atoms with Crippen LogP contribution in [0.1, 0.15) is 47.5 Å². The minimum absolute atomic E-state index is 0.00572. The summed E-state index contributed by atoms with van der Waals surface area (Å²) >= 11 is 0. The lowest BCUT2D eigenvalue weighted by Gasteiger charge is -2.31. The summed E-state index contributed by atoms with van der Waals surface area (Å²) in [6.07, 6.45) is 0.00702. The number of nitrogens with one attached hydrogen (secondary N) is 3. The molecule has 4 unspecified atom stereocenters. The molecule has 4 amide bonds. The fourth-order valence-corrected chi connectivity index (χ4v) is 8.11. The number of sulfonamides is 1. The normalized spacial score (nSPS) is 20.8. The number of hydrogen-bond acceptors (Lipinski definition) is 10. The summed E-state index contributed by atoms with van der Waals surface area (Å²) in [5, 5.41) is 6.14. The molecule has 4 aromatic rings. The maximum Gasteiger partial charge on any atom is 0.408 e. The van der Waals surface area contributed by atoms with Crippen molar-refractivity contribution in [3.8, 4) is 22.8 Å². The summed E-state index contributed by atoms with van der Waals surface area (Å²) in [6.45, 7) is 12.3. The number of aromatic nitrogens is 1. The Morgan fingerprint density at radius 3 is 2.26 bits per heavy atom. The number of amides is 4. The maximum atomic E-state index is 14.5. The van der Waals surface area contributed by atoms with Gasteiger partial charge < -0.3 is 29.7 Å². The molecule has 3 aromatic carbocycles. The van der Waals surface area contributed by atoms with Crippen LogP contribution in [0.5, 0.6) is 11.5 Å². The van der Waals surface area contributed by atoms with Gasteiger partial charge in [0.2, 0.25) is 11.8 Å². The molecule has 1 aliphatic heterocycles. The van der Waals surface area contributed by atoms with E-state index < -0.39 is 75.0 Å². The zero-order chi connectivity index (χ0) is 42.0. The minimum Gasteiger partial charge on any atom is -0.497 e. The van der Waals surface area contributed by atoms with Crippen LogP contribution < -0.4 is 24.8 Å². The molecule has 15 heteroatoms. The summed E-state index contributed by atoms with van der Waals surface area (Å²) in [4.78, 5) is 61.8. The summed E-state index contributed by atoms with van der Waals surface area (Å²) in [7, 11) is -2.72. The number of carbonyl (C=O) groups excluding carboxylic acids is 4. The lowest BCUT2D eigenvalue weighted by molar-refractivity contribution is -0.141. The number of hydrogen-bond donors (Lipinski definition) is 3. The fourth-order valence-electron chi connectivity index (χ4n) is 7.05. The second-order valence-electron chi connectivity index (χ2n) is 15.9. The molecule has 2 aliphatic rings. The van der Waals surface area contributed by atoms with Crippen LogP contribution in [0.3, 0.4) is 0 Å². The van der Waals surface area contributed by atoms with Crippen molar-refractivity contribution in [2.75, 3.05) is 13.7 Å². The van der Waals surface area contributed by atoms with Gasteiger partial charge in [-0.1, -0.05) is 68.5 Å². The molecule has 1 aliphatic carbocycles. The van der Waals surface area contributed by atoms with E-state index in [1.165, 1.54) is 35.2 Å². The Hall–Kier alpha value is -5.96. The third-order valence-electron chi connectivity index (χ3n) is 10.1. The molecule has 58 heavy (non-hydrogen) atoms. The zero-order valence-corrected chi connectivity index (χ0v) is 34.2.